The van der Waals surface area contributed by atoms with Crippen molar-refractivity contribution in [2.45, 2.75) is 46.4 Å². The highest BCUT2D eigenvalue weighted by Gasteiger charge is 2.23. The molecule has 1 N–H and O–H groups in total. The van der Waals surface area contributed by atoms with Gasteiger partial charge in [0.2, 0.25) is 5.96 Å². The van der Waals surface area contributed by atoms with Crippen LogP contribution >= 0.6 is 23.2 Å². The van der Waals surface area contributed by atoms with Crippen LogP contribution in [0.15, 0.2) is 47.5 Å². The molecular formula is C22H28Cl2N4O. The summed E-state index contributed by atoms with van der Waals surface area (Å²) in [4.78, 5) is 9.31. The lowest BCUT2D eigenvalue weighted by atomic mass is 10.2. The van der Waals surface area contributed by atoms with E-state index in [1.807, 2.05) is 56.3 Å². The Morgan fingerprint density at radius 2 is 1.79 bits per heavy atom. The molecule has 1 aliphatic heterocycles. The van der Waals surface area contributed by atoms with E-state index in [0.29, 0.717) is 23.5 Å². The van der Waals surface area contributed by atoms with Gasteiger partial charge in [-0.3, -0.25) is 4.90 Å². The molecule has 2 aromatic rings. The smallest absolute Gasteiger partial charge is 0.201 e. The molecule has 0 radical (unpaired) electrons. The van der Waals surface area contributed by atoms with E-state index in [0.717, 1.165) is 29.9 Å². The van der Waals surface area contributed by atoms with Crippen molar-refractivity contribution >= 4 is 34.8 Å². The first-order valence-corrected chi connectivity index (χ1v) is 10.6. The van der Waals surface area contributed by atoms with Crippen molar-refractivity contribution in [1.82, 2.24) is 9.80 Å². The molecule has 29 heavy (non-hydrogen) atoms. The highest BCUT2D eigenvalue weighted by atomic mass is 35.5. The van der Waals surface area contributed by atoms with Gasteiger partial charge in [-0.2, -0.15) is 0 Å². The molecule has 0 fully saturated rings. The number of benzene rings is 2. The average Bonchev–Trinajstić information content (AvgIpc) is 2.66. The Bertz CT molecular complexity index is 852. The Kier molecular flexibility index (Phi) is 7.28. The van der Waals surface area contributed by atoms with Crippen LogP contribution in [0.1, 0.15) is 33.3 Å². The third-order valence-corrected chi connectivity index (χ3v) is 5.17. The van der Waals surface area contributed by atoms with Crippen molar-refractivity contribution in [2.75, 3.05) is 18.7 Å². The standard InChI is InChI=1S/C22H28Cl2N4O/c1-15(2)28-13-25-22(27(14-28)12-17-5-7-18(23)8-6-17)26-19-9-10-21(20(24)11-19)29-16(3)4/h5-11,15-16H,12-14H2,1-4H3,(H,25,26). The van der Waals surface area contributed by atoms with Crippen LogP contribution in [0.2, 0.25) is 10.0 Å². The third kappa shape index (κ3) is 6.01. The Balaban J connectivity index is 1.78. The summed E-state index contributed by atoms with van der Waals surface area (Å²) in [5.41, 5.74) is 2.05. The number of halogens is 2. The number of aliphatic imine (C=N–C) groups is 1. The molecule has 1 heterocycles. The van der Waals surface area contributed by atoms with Crippen LogP contribution < -0.4 is 10.1 Å². The lowest BCUT2D eigenvalue weighted by Crippen LogP contribution is -2.50. The minimum Gasteiger partial charge on any atom is -0.489 e. The van der Waals surface area contributed by atoms with E-state index in [1.54, 1.807) is 0 Å². The van der Waals surface area contributed by atoms with Crippen LogP contribution in [0.25, 0.3) is 0 Å². The number of hydrogen-bond acceptors (Lipinski definition) is 5. The summed E-state index contributed by atoms with van der Waals surface area (Å²) in [6.45, 7) is 10.5. The van der Waals surface area contributed by atoms with Gasteiger partial charge in [0.25, 0.3) is 0 Å². The molecular weight excluding hydrogens is 407 g/mol. The van der Waals surface area contributed by atoms with E-state index in [2.05, 4.69) is 29.0 Å². The first-order chi connectivity index (χ1) is 13.8. The molecule has 5 nitrogen and oxygen atoms in total. The van der Waals surface area contributed by atoms with E-state index >= 15 is 0 Å². The van der Waals surface area contributed by atoms with E-state index < -0.39 is 0 Å². The molecule has 1 aliphatic rings. The third-order valence-electron chi connectivity index (χ3n) is 4.62. The average molecular weight is 435 g/mol. The number of hydrogen-bond donors (Lipinski definition) is 1. The van der Waals surface area contributed by atoms with Gasteiger partial charge < -0.3 is 15.0 Å². The highest BCUT2D eigenvalue weighted by Crippen LogP contribution is 2.29. The summed E-state index contributed by atoms with van der Waals surface area (Å²) in [5, 5.41) is 4.74. The van der Waals surface area contributed by atoms with Gasteiger partial charge in [-0.25, -0.2) is 4.99 Å². The summed E-state index contributed by atoms with van der Waals surface area (Å²) < 4.78 is 5.72. The predicted molar refractivity (Wildman–Crippen MR) is 122 cm³/mol. The van der Waals surface area contributed by atoms with Gasteiger partial charge in [0.05, 0.1) is 24.5 Å². The predicted octanol–water partition coefficient (Wildman–Crippen LogP) is 5.69. The van der Waals surface area contributed by atoms with Gasteiger partial charge in [0.1, 0.15) is 5.75 Å². The zero-order chi connectivity index (χ0) is 21.0. The van der Waals surface area contributed by atoms with Crippen LogP contribution in [0.4, 0.5) is 5.69 Å². The van der Waals surface area contributed by atoms with Gasteiger partial charge in [-0.15, -0.1) is 0 Å². The van der Waals surface area contributed by atoms with E-state index in [1.165, 1.54) is 5.56 Å². The van der Waals surface area contributed by atoms with Crippen molar-refractivity contribution in [3.63, 3.8) is 0 Å². The normalized spacial score (nSPS) is 15.0. The number of anilines is 1. The minimum atomic E-state index is 0.0749. The second kappa shape index (κ2) is 9.70. The molecule has 0 unspecified atom stereocenters. The molecule has 0 amide bonds. The number of guanidine groups is 1. The number of ether oxygens (including phenoxy) is 1. The van der Waals surface area contributed by atoms with E-state index in [-0.39, 0.29) is 6.10 Å². The fourth-order valence-corrected chi connectivity index (χ4v) is 3.38. The van der Waals surface area contributed by atoms with Crippen molar-refractivity contribution in [1.29, 1.82) is 0 Å². The zero-order valence-corrected chi connectivity index (χ0v) is 18.8. The van der Waals surface area contributed by atoms with Crippen molar-refractivity contribution in [3.8, 4) is 5.75 Å². The maximum atomic E-state index is 6.40. The number of nitrogens with one attached hydrogen (secondary N) is 1. The topological polar surface area (TPSA) is 40.1 Å². The summed E-state index contributed by atoms with van der Waals surface area (Å²) in [6, 6.07) is 14.1. The van der Waals surface area contributed by atoms with Gasteiger partial charge in [-0.1, -0.05) is 35.3 Å². The molecule has 0 aromatic heterocycles. The molecule has 0 atom stereocenters. The lowest BCUT2D eigenvalue weighted by molar-refractivity contribution is 0.134. The maximum absolute atomic E-state index is 6.40. The van der Waals surface area contributed by atoms with Gasteiger partial charge >= 0.3 is 0 Å². The summed E-state index contributed by atoms with van der Waals surface area (Å²) in [7, 11) is 0. The lowest BCUT2D eigenvalue weighted by Gasteiger charge is -2.38. The largest absolute Gasteiger partial charge is 0.489 e. The molecule has 0 saturated heterocycles. The first-order valence-electron chi connectivity index (χ1n) is 9.83. The summed E-state index contributed by atoms with van der Waals surface area (Å²) in [6.07, 6.45) is 0.0749. The SMILES string of the molecule is CC(C)Oc1ccc(NC2=NCN(C(C)C)CN2Cc2ccc(Cl)cc2)cc1Cl. The minimum absolute atomic E-state index is 0.0749. The molecule has 0 aliphatic carbocycles. The highest BCUT2D eigenvalue weighted by molar-refractivity contribution is 6.32. The quantitative estimate of drug-likeness (QED) is 0.633. The second-order valence-electron chi connectivity index (χ2n) is 7.71. The Morgan fingerprint density at radius 1 is 1.07 bits per heavy atom. The van der Waals surface area contributed by atoms with Crippen LogP contribution in [0.5, 0.6) is 5.75 Å². The van der Waals surface area contributed by atoms with Crippen molar-refractivity contribution in [2.24, 2.45) is 4.99 Å². The maximum Gasteiger partial charge on any atom is 0.201 e. The Morgan fingerprint density at radius 3 is 2.41 bits per heavy atom. The Labute approximate surface area is 183 Å². The van der Waals surface area contributed by atoms with Crippen LogP contribution in [-0.4, -0.2) is 41.2 Å². The molecule has 3 rings (SSSR count). The fraction of sp³-hybridized carbons (Fsp3) is 0.409. The van der Waals surface area contributed by atoms with E-state index in [4.69, 9.17) is 32.9 Å². The van der Waals surface area contributed by atoms with Gasteiger partial charge in [0.15, 0.2) is 0 Å². The molecule has 156 valence electrons. The summed E-state index contributed by atoms with van der Waals surface area (Å²) in [5.74, 6) is 1.51. The van der Waals surface area contributed by atoms with Crippen LogP contribution in [0, 0.1) is 0 Å². The van der Waals surface area contributed by atoms with Gasteiger partial charge in [-0.05, 0) is 63.6 Å². The zero-order valence-electron chi connectivity index (χ0n) is 17.3. The van der Waals surface area contributed by atoms with E-state index in [9.17, 15) is 0 Å². The number of rotatable bonds is 6. The second-order valence-corrected chi connectivity index (χ2v) is 8.55. The monoisotopic (exact) mass is 434 g/mol. The fourth-order valence-electron chi connectivity index (χ4n) is 3.03. The molecule has 0 saturated carbocycles. The molecule has 0 spiro atoms. The van der Waals surface area contributed by atoms with Gasteiger partial charge in [0, 0.05) is 23.3 Å². The molecule has 7 heteroatoms. The number of nitrogens with zero attached hydrogens (tertiary/aromatic N) is 3. The molecule has 2 aromatic carbocycles. The Hall–Kier alpha value is -1.95. The summed E-state index contributed by atoms with van der Waals surface area (Å²) >= 11 is 12.4. The first kappa shape index (κ1) is 21.8. The van der Waals surface area contributed by atoms with Crippen molar-refractivity contribution < 1.29 is 4.74 Å². The van der Waals surface area contributed by atoms with Crippen LogP contribution in [-0.2, 0) is 6.54 Å². The molecule has 0 bridgehead atoms. The van der Waals surface area contributed by atoms with Crippen molar-refractivity contribution in [3.05, 3.63) is 58.1 Å². The van der Waals surface area contributed by atoms with Crippen LogP contribution in [0.3, 0.4) is 0 Å².